The van der Waals surface area contributed by atoms with Crippen LogP contribution in [0.5, 0.6) is 0 Å². The average Bonchev–Trinajstić information content (AvgIpc) is 2.76. The number of aliphatic carboxylic acids is 1. The molecule has 8 heteroatoms. The van der Waals surface area contributed by atoms with E-state index in [-0.39, 0.29) is 18.6 Å². The lowest BCUT2D eigenvalue weighted by atomic mass is 9.94. The third kappa shape index (κ3) is 6.24. The highest BCUT2D eigenvalue weighted by atomic mass is 79.9. The first-order valence-electron chi connectivity index (χ1n) is 10.6. The van der Waals surface area contributed by atoms with Crippen molar-refractivity contribution in [3.05, 3.63) is 85.8 Å². The molecule has 0 saturated carbocycles. The molecule has 0 aromatic heterocycles. The molecule has 0 unspecified atom stereocenters. The van der Waals surface area contributed by atoms with Crippen LogP contribution in [0.4, 0.5) is 17.1 Å². The fourth-order valence-electron chi connectivity index (χ4n) is 3.44. The van der Waals surface area contributed by atoms with Crippen LogP contribution in [-0.4, -0.2) is 22.8 Å². The Balaban J connectivity index is 1.84. The fourth-order valence-corrected chi connectivity index (χ4v) is 4.07. The van der Waals surface area contributed by atoms with Crippen molar-refractivity contribution in [3.8, 4) is 0 Å². The summed E-state index contributed by atoms with van der Waals surface area (Å²) in [4.78, 5) is 36.0. The van der Waals surface area contributed by atoms with E-state index in [1.54, 1.807) is 36.4 Å². The van der Waals surface area contributed by atoms with Gasteiger partial charge in [0.05, 0.1) is 22.8 Å². The molecule has 0 aliphatic rings. The van der Waals surface area contributed by atoms with Crippen LogP contribution in [0.3, 0.4) is 0 Å². The normalized spacial score (nSPS) is 10.6. The second kappa shape index (κ2) is 10.8. The molecule has 3 aromatic rings. The van der Waals surface area contributed by atoms with Crippen molar-refractivity contribution in [2.24, 2.45) is 0 Å². The van der Waals surface area contributed by atoms with Crippen LogP contribution in [-0.2, 0) is 9.59 Å². The Bertz CT molecular complexity index is 1290. The minimum atomic E-state index is -1.04. The first kappa shape index (κ1) is 25.5. The van der Waals surface area contributed by atoms with Crippen LogP contribution in [0, 0.1) is 20.8 Å². The number of aryl methyl sites for hydroxylation is 3. The molecule has 3 aromatic carbocycles. The Morgan fingerprint density at radius 1 is 0.853 bits per heavy atom. The van der Waals surface area contributed by atoms with E-state index in [0.29, 0.717) is 33.2 Å². The number of carbonyl (C=O) groups is 3. The van der Waals surface area contributed by atoms with E-state index >= 15 is 0 Å². The van der Waals surface area contributed by atoms with Gasteiger partial charge in [0, 0.05) is 27.7 Å². The quantitative estimate of drug-likeness (QED) is 0.271. The van der Waals surface area contributed by atoms with Gasteiger partial charge in [0.1, 0.15) is 0 Å². The van der Waals surface area contributed by atoms with Gasteiger partial charge >= 0.3 is 5.97 Å². The largest absolute Gasteiger partial charge is 0.481 e. The maximum atomic E-state index is 13.1. The smallest absolute Gasteiger partial charge is 0.303 e. The van der Waals surface area contributed by atoms with Gasteiger partial charge in [-0.2, -0.15) is 0 Å². The minimum absolute atomic E-state index is 0.137. The molecule has 34 heavy (non-hydrogen) atoms. The number of hydrogen-bond donors (Lipinski definition) is 3. The van der Waals surface area contributed by atoms with Crippen molar-refractivity contribution in [3.63, 3.8) is 0 Å². The number of benzene rings is 3. The number of halogens is 2. The highest BCUT2D eigenvalue weighted by Crippen LogP contribution is 2.32. The lowest BCUT2D eigenvalue weighted by Gasteiger charge is -2.15. The Morgan fingerprint density at radius 3 is 2.24 bits per heavy atom. The monoisotopic (exact) mass is 542 g/mol. The summed E-state index contributed by atoms with van der Waals surface area (Å²) in [5.74, 6) is -1.60. The third-order valence-corrected chi connectivity index (χ3v) is 6.21. The van der Waals surface area contributed by atoms with Gasteiger partial charge in [-0.15, -0.1) is 0 Å². The summed E-state index contributed by atoms with van der Waals surface area (Å²) in [5, 5.41) is 15.0. The number of amides is 1. The highest BCUT2D eigenvalue weighted by Gasteiger charge is 2.17. The van der Waals surface area contributed by atoms with Crippen molar-refractivity contribution in [1.29, 1.82) is 0 Å². The van der Waals surface area contributed by atoms with Crippen molar-refractivity contribution >= 4 is 62.3 Å². The van der Waals surface area contributed by atoms with Crippen LogP contribution >= 0.6 is 27.5 Å². The molecule has 176 valence electrons. The number of nitrogens with one attached hydrogen (secondary N) is 2. The Labute approximate surface area is 211 Å². The van der Waals surface area contributed by atoms with Gasteiger partial charge in [0.15, 0.2) is 5.78 Å². The molecule has 0 radical (unpaired) electrons. The van der Waals surface area contributed by atoms with Crippen LogP contribution in [0.15, 0.2) is 53.0 Å². The van der Waals surface area contributed by atoms with Crippen molar-refractivity contribution in [2.75, 3.05) is 10.6 Å². The second-order valence-corrected chi connectivity index (χ2v) is 9.35. The van der Waals surface area contributed by atoms with Crippen molar-refractivity contribution in [2.45, 2.75) is 33.6 Å². The fraction of sp³-hybridized carbons (Fsp3) is 0.192. The van der Waals surface area contributed by atoms with E-state index in [2.05, 4.69) is 26.6 Å². The third-order valence-electron chi connectivity index (χ3n) is 5.40. The van der Waals surface area contributed by atoms with E-state index in [4.69, 9.17) is 16.7 Å². The van der Waals surface area contributed by atoms with Crippen LogP contribution in [0.25, 0.3) is 0 Å². The molecular formula is C26H24BrClN2O4. The minimum Gasteiger partial charge on any atom is -0.481 e. The molecule has 0 saturated heterocycles. The van der Waals surface area contributed by atoms with Gasteiger partial charge < -0.3 is 15.7 Å². The number of anilines is 3. The molecule has 0 atom stereocenters. The number of hydrogen-bond acceptors (Lipinski definition) is 4. The zero-order valence-electron chi connectivity index (χ0n) is 19.0. The molecule has 0 aliphatic heterocycles. The van der Waals surface area contributed by atoms with E-state index in [9.17, 15) is 14.4 Å². The van der Waals surface area contributed by atoms with E-state index in [1.807, 2.05) is 32.9 Å². The molecular weight excluding hydrogens is 520 g/mol. The van der Waals surface area contributed by atoms with E-state index in [1.165, 1.54) is 0 Å². The van der Waals surface area contributed by atoms with E-state index in [0.717, 1.165) is 21.2 Å². The van der Waals surface area contributed by atoms with Crippen molar-refractivity contribution < 1.29 is 19.5 Å². The number of ketones is 1. The maximum absolute atomic E-state index is 13.1. The predicted octanol–water partition coefficient (Wildman–Crippen LogP) is 6.81. The average molecular weight is 544 g/mol. The zero-order chi connectivity index (χ0) is 25.0. The summed E-state index contributed by atoms with van der Waals surface area (Å²) >= 11 is 9.87. The summed E-state index contributed by atoms with van der Waals surface area (Å²) in [6.07, 6.45) is -0.393. The van der Waals surface area contributed by atoms with Gasteiger partial charge in [-0.05, 0) is 79.9 Å². The number of rotatable bonds is 8. The molecule has 0 bridgehead atoms. The molecule has 0 aliphatic carbocycles. The van der Waals surface area contributed by atoms with Crippen LogP contribution in [0.2, 0.25) is 5.02 Å². The maximum Gasteiger partial charge on any atom is 0.303 e. The van der Waals surface area contributed by atoms with Gasteiger partial charge in [-0.3, -0.25) is 14.4 Å². The highest BCUT2D eigenvalue weighted by molar-refractivity contribution is 9.10. The molecule has 6 nitrogen and oxygen atoms in total. The molecule has 0 fully saturated rings. The lowest BCUT2D eigenvalue weighted by Crippen LogP contribution is -2.14. The van der Waals surface area contributed by atoms with E-state index < -0.39 is 11.9 Å². The second-order valence-electron chi connectivity index (χ2n) is 8.03. The van der Waals surface area contributed by atoms with Gasteiger partial charge in [-0.1, -0.05) is 33.6 Å². The Kier molecular flexibility index (Phi) is 8.12. The molecule has 3 N–H and O–H groups in total. The zero-order valence-corrected chi connectivity index (χ0v) is 21.3. The molecule has 1 amide bonds. The number of carbonyl (C=O) groups excluding carboxylic acids is 2. The summed E-state index contributed by atoms with van der Waals surface area (Å²) in [6, 6.07) is 14.2. The lowest BCUT2D eigenvalue weighted by molar-refractivity contribution is -0.138. The predicted molar refractivity (Wildman–Crippen MR) is 138 cm³/mol. The van der Waals surface area contributed by atoms with Crippen LogP contribution < -0.4 is 10.6 Å². The summed E-state index contributed by atoms with van der Waals surface area (Å²) in [5.41, 5.74) is 5.77. The van der Waals surface area contributed by atoms with Gasteiger partial charge in [-0.25, -0.2) is 0 Å². The topological polar surface area (TPSA) is 95.5 Å². The standard InChI is InChI=1S/C26H24BrClN2O4/c1-14-10-16(3)20(11-15(14)2)26(34)19-6-5-18(13-21(19)28)29-22-7-4-17(27)12-23(22)30-24(31)8-9-25(32)33/h4-7,10-13,29H,8-9H2,1-3H3,(H,30,31)(H,32,33). The molecule has 3 rings (SSSR count). The SMILES string of the molecule is Cc1cc(C)c(C(=O)c2ccc(Nc3ccc(Br)cc3NC(=O)CCC(=O)O)cc2Cl)cc1C. The summed E-state index contributed by atoms with van der Waals surface area (Å²) in [6.45, 7) is 5.88. The van der Waals surface area contributed by atoms with Gasteiger partial charge in [0.2, 0.25) is 5.91 Å². The summed E-state index contributed by atoms with van der Waals surface area (Å²) < 4.78 is 0.745. The Hall–Kier alpha value is -3.16. The Morgan fingerprint density at radius 2 is 1.56 bits per heavy atom. The summed E-state index contributed by atoms with van der Waals surface area (Å²) in [7, 11) is 0. The number of carboxylic acids is 1. The number of carboxylic acid groups (broad SMARTS) is 1. The van der Waals surface area contributed by atoms with Crippen molar-refractivity contribution in [1.82, 2.24) is 0 Å². The molecule has 0 spiro atoms. The van der Waals surface area contributed by atoms with Gasteiger partial charge in [0.25, 0.3) is 0 Å². The first-order chi connectivity index (χ1) is 16.0. The van der Waals surface area contributed by atoms with Crippen LogP contribution in [0.1, 0.15) is 45.5 Å². The molecule has 0 heterocycles. The first-order valence-corrected chi connectivity index (χ1v) is 11.7.